The number of hydrogen-bond donors (Lipinski definition) is 1. The van der Waals surface area contributed by atoms with Crippen molar-refractivity contribution in [1.29, 1.82) is 0 Å². The van der Waals surface area contributed by atoms with Crippen molar-refractivity contribution in [2.24, 2.45) is 0 Å². The van der Waals surface area contributed by atoms with Gasteiger partial charge >= 0.3 is 0 Å². The summed E-state index contributed by atoms with van der Waals surface area (Å²) >= 11 is 0. The average Bonchev–Trinajstić information content (AvgIpc) is 2.58. The molecule has 2 aromatic rings. The maximum absolute atomic E-state index is 12.6. The molecule has 1 aromatic carbocycles. The average molecular weight is 324 g/mol. The molecule has 5 nitrogen and oxygen atoms in total. The number of carbonyl (C=O) groups is 1. The minimum absolute atomic E-state index is 0.162. The zero-order valence-corrected chi connectivity index (χ0v) is 14.6. The van der Waals surface area contributed by atoms with Crippen LogP contribution in [0.25, 0.3) is 0 Å². The van der Waals surface area contributed by atoms with Gasteiger partial charge in [-0.05, 0) is 51.7 Å². The van der Waals surface area contributed by atoms with Crippen molar-refractivity contribution < 1.29 is 4.79 Å². The fourth-order valence-corrected chi connectivity index (χ4v) is 3.07. The molecule has 0 radical (unpaired) electrons. The number of hydrogen-bond acceptors (Lipinski definition) is 4. The lowest BCUT2D eigenvalue weighted by molar-refractivity contribution is 0.102. The highest BCUT2D eigenvalue weighted by Crippen LogP contribution is 2.20. The molecule has 0 bridgehead atoms. The van der Waals surface area contributed by atoms with Crippen LogP contribution >= 0.6 is 0 Å². The van der Waals surface area contributed by atoms with E-state index in [1.54, 1.807) is 6.20 Å². The topological polar surface area (TPSA) is 58.1 Å². The third kappa shape index (κ3) is 3.55. The van der Waals surface area contributed by atoms with E-state index in [0.29, 0.717) is 11.3 Å². The van der Waals surface area contributed by atoms with Gasteiger partial charge in [-0.3, -0.25) is 4.79 Å². The Balaban J connectivity index is 1.77. The monoisotopic (exact) mass is 324 g/mol. The fraction of sp³-hybridized carbons (Fsp3) is 0.421. The summed E-state index contributed by atoms with van der Waals surface area (Å²) in [5, 5.41) is 2.96. The third-order valence-corrected chi connectivity index (χ3v) is 4.48. The van der Waals surface area contributed by atoms with E-state index in [2.05, 4.69) is 26.3 Å². The summed E-state index contributed by atoms with van der Waals surface area (Å²) in [5.41, 5.74) is 4.29. The van der Waals surface area contributed by atoms with Crippen LogP contribution in [0.4, 0.5) is 11.6 Å². The van der Waals surface area contributed by atoms with E-state index < -0.39 is 0 Å². The number of rotatable bonds is 3. The molecular weight excluding hydrogens is 300 g/mol. The Morgan fingerprint density at radius 2 is 1.88 bits per heavy atom. The van der Waals surface area contributed by atoms with Gasteiger partial charge in [0.2, 0.25) is 5.95 Å². The third-order valence-electron chi connectivity index (χ3n) is 4.48. The number of carbonyl (C=O) groups excluding carboxylic acids is 1. The van der Waals surface area contributed by atoms with E-state index >= 15 is 0 Å². The van der Waals surface area contributed by atoms with Crippen molar-refractivity contribution in [3.05, 3.63) is 46.8 Å². The van der Waals surface area contributed by atoms with Crippen LogP contribution in [0.2, 0.25) is 0 Å². The van der Waals surface area contributed by atoms with Gasteiger partial charge in [0.25, 0.3) is 5.91 Å². The lowest BCUT2D eigenvalue weighted by Crippen LogP contribution is -2.31. The minimum Gasteiger partial charge on any atom is -0.341 e. The van der Waals surface area contributed by atoms with Crippen LogP contribution in [0, 0.1) is 20.8 Å². The molecule has 0 spiro atoms. The van der Waals surface area contributed by atoms with Crippen LogP contribution in [0.5, 0.6) is 0 Å². The molecule has 1 aromatic heterocycles. The first kappa shape index (κ1) is 16.4. The quantitative estimate of drug-likeness (QED) is 0.936. The fourth-order valence-electron chi connectivity index (χ4n) is 3.07. The molecule has 1 fully saturated rings. The normalized spacial score (nSPS) is 14.5. The molecule has 0 atom stereocenters. The predicted octanol–water partition coefficient (Wildman–Crippen LogP) is 3.64. The predicted molar refractivity (Wildman–Crippen MR) is 96.7 cm³/mol. The lowest BCUT2D eigenvalue weighted by Gasteiger charge is -2.26. The second-order valence-electron chi connectivity index (χ2n) is 6.49. The SMILES string of the molecule is Cc1ccc(NC(=O)c2cnc(N3CCCCC3)nc2C)c(C)c1. The number of anilines is 2. The van der Waals surface area contributed by atoms with Crippen molar-refractivity contribution in [2.75, 3.05) is 23.3 Å². The largest absolute Gasteiger partial charge is 0.341 e. The van der Waals surface area contributed by atoms with Crippen LogP contribution in [0.1, 0.15) is 46.4 Å². The van der Waals surface area contributed by atoms with Gasteiger partial charge in [-0.2, -0.15) is 0 Å². The Kier molecular flexibility index (Phi) is 4.79. The van der Waals surface area contributed by atoms with Gasteiger partial charge in [0.15, 0.2) is 0 Å². The van der Waals surface area contributed by atoms with Gasteiger partial charge < -0.3 is 10.2 Å². The molecule has 1 aliphatic rings. The number of amides is 1. The molecule has 0 unspecified atom stereocenters. The van der Waals surface area contributed by atoms with Gasteiger partial charge in [0.05, 0.1) is 11.3 Å². The molecular formula is C19H24N4O. The Hall–Kier alpha value is -2.43. The summed E-state index contributed by atoms with van der Waals surface area (Å²) in [5.74, 6) is 0.569. The van der Waals surface area contributed by atoms with Crippen molar-refractivity contribution >= 4 is 17.5 Å². The maximum Gasteiger partial charge on any atom is 0.259 e. The lowest BCUT2D eigenvalue weighted by atomic mass is 10.1. The number of benzene rings is 1. The summed E-state index contributed by atoms with van der Waals surface area (Å²) in [6.07, 6.45) is 5.27. The number of aryl methyl sites for hydroxylation is 3. The molecule has 3 rings (SSSR count). The zero-order chi connectivity index (χ0) is 17.1. The van der Waals surface area contributed by atoms with E-state index in [4.69, 9.17) is 0 Å². The number of nitrogens with zero attached hydrogens (tertiary/aromatic N) is 3. The van der Waals surface area contributed by atoms with E-state index in [9.17, 15) is 4.79 Å². The highest BCUT2D eigenvalue weighted by Gasteiger charge is 2.17. The van der Waals surface area contributed by atoms with Crippen LogP contribution in [0.3, 0.4) is 0 Å². The number of aromatic nitrogens is 2. The van der Waals surface area contributed by atoms with Crippen molar-refractivity contribution in [2.45, 2.75) is 40.0 Å². The number of nitrogens with one attached hydrogen (secondary N) is 1. The van der Waals surface area contributed by atoms with Crippen molar-refractivity contribution in [1.82, 2.24) is 9.97 Å². The summed E-state index contributed by atoms with van der Waals surface area (Å²) < 4.78 is 0. The molecule has 0 aliphatic carbocycles. The summed E-state index contributed by atoms with van der Waals surface area (Å²) in [7, 11) is 0. The van der Waals surface area contributed by atoms with Gasteiger partial charge in [-0.25, -0.2) is 9.97 Å². The van der Waals surface area contributed by atoms with Crippen LogP contribution in [0.15, 0.2) is 24.4 Å². The Morgan fingerprint density at radius 3 is 2.54 bits per heavy atom. The summed E-state index contributed by atoms with van der Waals surface area (Å²) in [6, 6.07) is 5.98. The van der Waals surface area contributed by atoms with E-state index in [1.165, 1.54) is 24.8 Å². The van der Waals surface area contributed by atoms with E-state index in [0.717, 1.165) is 30.3 Å². The van der Waals surface area contributed by atoms with Crippen molar-refractivity contribution in [3.8, 4) is 0 Å². The maximum atomic E-state index is 12.6. The first-order chi connectivity index (χ1) is 11.5. The standard InChI is InChI=1S/C19H24N4O/c1-13-7-8-17(14(2)11-13)22-18(24)16-12-20-19(21-15(16)3)23-9-5-4-6-10-23/h7-8,11-12H,4-6,9-10H2,1-3H3,(H,22,24). The molecule has 24 heavy (non-hydrogen) atoms. The van der Waals surface area contributed by atoms with Gasteiger partial charge in [-0.1, -0.05) is 17.7 Å². The summed E-state index contributed by atoms with van der Waals surface area (Å²) in [4.78, 5) is 23.7. The van der Waals surface area contributed by atoms with Gasteiger partial charge in [-0.15, -0.1) is 0 Å². The van der Waals surface area contributed by atoms with E-state index in [-0.39, 0.29) is 5.91 Å². The molecule has 5 heteroatoms. The number of piperidine rings is 1. The first-order valence-corrected chi connectivity index (χ1v) is 8.52. The molecule has 1 saturated heterocycles. The molecule has 0 saturated carbocycles. The van der Waals surface area contributed by atoms with Crippen LogP contribution < -0.4 is 10.2 Å². The highest BCUT2D eigenvalue weighted by molar-refractivity contribution is 6.05. The Morgan fingerprint density at radius 1 is 1.12 bits per heavy atom. The van der Waals surface area contributed by atoms with Gasteiger partial charge in [0.1, 0.15) is 0 Å². The molecule has 2 heterocycles. The van der Waals surface area contributed by atoms with Gasteiger partial charge in [0, 0.05) is 25.0 Å². The van der Waals surface area contributed by atoms with E-state index in [1.807, 2.05) is 32.9 Å². The van der Waals surface area contributed by atoms with Crippen LogP contribution in [-0.2, 0) is 0 Å². The molecule has 1 amide bonds. The highest BCUT2D eigenvalue weighted by atomic mass is 16.1. The smallest absolute Gasteiger partial charge is 0.259 e. The zero-order valence-electron chi connectivity index (χ0n) is 14.6. The van der Waals surface area contributed by atoms with Crippen molar-refractivity contribution in [3.63, 3.8) is 0 Å². The Labute approximate surface area is 143 Å². The second kappa shape index (κ2) is 6.99. The summed E-state index contributed by atoms with van der Waals surface area (Å²) in [6.45, 7) is 7.88. The Bertz CT molecular complexity index is 751. The second-order valence-corrected chi connectivity index (χ2v) is 6.49. The minimum atomic E-state index is -0.162. The molecule has 1 aliphatic heterocycles. The molecule has 126 valence electrons. The first-order valence-electron chi connectivity index (χ1n) is 8.52. The van der Waals surface area contributed by atoms with Crippen LogP contribution in [-0.4, -0.2) is 29.0 Å². The molecule has 1 N–H and O–H groups in total.